The van der Waals surface area contributed by atoms with Gasteiger partial charge in [0.05, 0.1) is 24.4 Å². The number of aromatic nitrogens is 1. The SMILES string of the molecule is COc1ccc(-c2cc(C(=O)N[C@@H](C)c3ccccc3)c(C)n2-c2ccc(C)cc2)cc1. The Morgan fingerprint density at radius 2 is 1.56 bits per heavy atom. The quantitative estimate of drug-likeness (QED) is 0.397. The number of benzene rings is 3. The zero-order valence-corrected chi connectivity index (χ0v) is 18.9. The average Bonchev–Trinajstić information content (AvgIpc) is 3.17. The molecule has 0 saturated heterocycles. The number of nitrogens with zero attached hydrogens (tertiary/aromatic N) is 1. The number of aryl methyl sites for hydroxylation is 1. The van der Waals surface area contributed by atoms with Crippen molar-refractivity contribution in [2.75, 3.05) is 7.11 Å². The topological polar surface area (TPSA) is 43.3 Å². The lowest BCUT2D eigenvalue weighted by Crippen LogP contribution is -2.27. The molecule has 162 valence electrons. The molecule has 1 aromatic heterocycles. The third-order valence-electron chi connectivity index (χ3n) is 5.82. The molecule has 1 N–H and O–H groups in total. The highest BCUT2D eigenvalue weighted by Gasteiger charge is 2.21. The van der Waals surface area contributed by atoms with Crippen LogP contribution in [0.4, 0.5) is 0 Å². The van der Waals surface area contributed by atoms with Crippen LogP contribution >= 0.6 is 0 Å². The van der Waals surface area contributed by atoms with Crippen LogP contribution in [-0.4, -0.2) is 17.6 Å². The molecule has 0 unspecified atom stereocenters. The molecular weight excluding hydrogens is 396 g/mol. The molecule has 4 aromatic rings. The van der Waals surface area contributed by atoms with Crippen molar-refractivity contribution in [2.45, 2.75) is 26.8 Å². The Bertz CT molecular complexity index is 1210. The maximum absolute atomic E-state index is 13.3. The van der Waals surface area contributed by atoms with Crippen molar-refractivity contribution in [1.29, 1.82) is 0 Å². The number of amides is 1. The lowest BCUT2D eigenvalue weighted by molar-refractivity contribution is 0.0939. The Kier molecular flexibility index (Phi) is 6.13. The van der Waals surface area contributed by atoms with Gasteiger partial charge < -0.3 is 14.6 Å². The molecule has 4 rings (SSSR count). The molecular formula is C28H28N2O2. The Hall–Kier alpha value is -3.79. The zero-order chi connectivity index (χ0) is 22.7. The monoisotopic (exact) mass is 424 g/mol. The summed E-state index contributed by atoms with van der Waals surface area (Å²) < 4.78 is 7.46. The number of hydrogen-bond donors (Lipinski definition) is 1. The minimum atomic E-state index is -0.0877. The molecule has 0 fully saturated rings. The summed E-state index contributed by atoms with van der Waals surface area (Å²) in [6, 6.07) is 28.2. The fraction of sp³-hybridized carbons (Fsp3) is 0.179. The third-order valence-corrected chi connectivity index (χ3v) is 5.82. The van der Waals surface area contributed by atoms with Crippen LogP contribution in [0.15, 0.2) is 84.9 Å². The highest BCUT2D eigenvalue weighted by atomic mass is 16.5. The van der Waals surface area contributed by atoms with Crippen LogP contribution < -0.4 is 10.1 Å². The van der Waals surface area contributed by atoms with E-state index in [0.29, 0.717) is 5.56 Å². The van der Waals surface area contributed by atoms with Crippen molar-refractivity contribution in [3.63, 3.8) is 0 Å². The first kappa shape index (κ1) is 21.4. The van der Waals surface area contributed by atoms with Crippen LogP contribution in [0.3, 0.4) is 0 Å². The van der Waals surface area contributed by atoms with E-state index in [2.05, 4.69) is 41.1 Å². The van der Waals surface area contributed by atoms with Crippen LogP contribution in [0.1, 0.15) is 40.1 Å². The first-order valence-electron chi connectivity index (χ1n) is 10.8. The molecule has 4 heteroatoms. The summed E-state index contributed by atoms with van der Waals surface area (Å²) in [5.74, 6) is 0.716. The van der Waals surface area contributed by atoms with Crippen molar-refractivity contribution in [1.82, 2.24) is 9.88 Å². The number of carbonyl (C=O) groups is 1. The van der Waals surface area contributed by atoms with Gasteiger partial charge in [0.1, 0.15) is 5.75 Å². The Balaban J connectivity index is 1.76. The molecule has 0 aliphatic heterocycles. The average molecular weight is 425 g/mol. The van der Waals surface area contributed by atoms with E-state index in [-0.39, 0.29) is 11.9 Å². The van der Waals surface area contributed by atoms with Crippen LogP contribution in [0.5, 0.6) is 5.75 Å². The van der Waals surface area contributed by atoms with Gasteiger partial charge in [-0.15, -0.1) is 0 Å². The van der Waals surface area contributed by atoms with Crippen LogP contribution in [-0.2, 0) is 0 Å². The fourth-order valence-corrected chi connectivity index (χ4v) is 3.94. The summed E-state index contributed by atoms with van der Waals surface area (Å²) >= 11 is 0. The van der Waals surface area contributed by atoms with E-state index in [4.69, 9.17) is 4.74 Å². The molecule has 1 atom stereocenters. The summed E-state index contributed by atoms with van der Waals surface area (Å²) in [5.41, 5.74) is 6.84. The lowest BCUT2D eigenvalue weighted by atomic mass is 10.1. The lowest BCUT2D eigenvalue weighted by Gasteiger charge is -2.15. The van der Waals surface area contributed by atoms with Crippen LogP contribution in [0.25, 0.3) is 16.9 Å². The number of nitrogens with one attached hydrogen (secondary N) is 1. The molecule has 0 spiro atoms. The molecule has 3 aromatic carbocycles. The van der Waals surface area contributed by atoms with Gasteiger partial charge in [0.25, 0.3) is 5.91 Å². The molecule has 0 aliphatic carbocycles. The minimum Gasteiger partial charge on any atom is -0.497 e. The summed E-state index contributed by atoms with van der Waals surface area (Å²) in [6.07, 6.45) is 0. The highest BCUT2D eigenvalue weighted by molar-refractivity contribution is 5.97. The van der Waals surface area contributed by atoms with Gasteiger partial charge in [-0.1, -0.05) is 48.0 Å². The number of rotatable bonds is 6. The normalized spacial score (nSPS) is 11.8. The number of carbonyl (C=O) groups excluding carboxylic acids is 1. The Morgan fingerprint density at radius 3 is 2.19 bits per heavy atom. The van der Waals surface area contributed by atoms with E-state index in [9.17, 15) is 4.79 Å². The summed E-state index contributed by atoms with van der Waals surface area (Å²) in [6.45, 7) is 6.07. The van der Waals surface area contributed by atoms with Gasteiger partial charge in [0, 0.05) is 11.4 Å². The van der Waals surface area contributed by atoms with Gasteiger partial charge in [-0.3, -0.25) is 4.79 Å². The van der Waals surface area contributed by atoms with Crippen molar-refractivity contribution < 1.29 is 9.53 Å². The highest BCUT2D eigenvalue weighted by Crippen LogP contribution is 2.31. The van der Waals surface area contributed by atoms with Gasteiger partial charge in [-0.2, -0.15) is 0 Å². The number of methoxy groups -OCH3 is 1. The predicted molar refractivity (Wildman–Crippen MR) is 130 cm³/mol. The molecule has 0 bridgehead atoms. The van der Waals surface area contributed by atoms with Gasteiger partial charge in [0.15, 0.2) is 0 Å². The summed E-state index contributed by atoms with van der Waals surface area (Å²) in [4.78, 5) is 13.3. The van der Waals surface area contributed by atoms with Gasteiger partial charge >= 0.3 is 0 Å². The first-order valence-corrected chi connectivity index (χ1v) is 10.8. The van der Waals surface area contributed by atoms with Gasteiger partial charge in [-0.05, 0) is 74.4 Å². The molecule has 0 saturated carbocycles. The van der Waals surface area contributed by atoms with Gasteiger partial charge in [0.2, 0.25) is 0 Å². The van der Waals surface area contributed by atoms with Crippen molar-refractivity contribution in [3.8, 4) is 22.7 Å². The van der Waals surface area contributed by atoms with Crippen molar-refractivity contribution in [2.24, 2.45) is 0 Å². The van der Waals surface area contributed by atoms with Crippen molar-refractivity contribution in [3.05, 3.63) is 107 Å². The minimum absolute atomic E-state index is 0.0838. The molecule has 1 heterocycles. The Morgan fingerprint density at radius 1 is 0.906 bits per heavy atom. The molecule has 32 heavy (non-hydrogen) atoms. The van der Waals surface area contributed by atoms with Crippen LogP contribution in [0, 0.1) is 13.8 Å². The maximum atomic E-state index is 13.3. The first-order chi connectivity index (χ1) is 15.5. The van der Waals surface area contributed by atoms with Crippen molar-refractivity contribution >= 4 is 5.91 Å². The van der Waals surface area contributed by atoms with E-state index in [1.165, 1.54) is 5.56 Å². The third kappa shape index (κ3) is 4.30. The standard InChI is InChI=1S/C28H28N2O2/c1-19-10-14-24(15-11-19)30-21(3)26(18-27(30)23-12-16-25(32-4)17-13-23)28(31)29-20(2)22-8-6-5-7-9-22/h5-18,20H,1-4H3,(H,29,31)/t20-/m0/s1. The van der Waals surface area contributed by atoms with E-state index in [0.717, 1.165) is 34.0 Å². The smallest absolute Gasteiger partial charge is 0.253 e. The van der Waals surface area contributed by atoms with Crippen LogP contribution in [0.2, 0.25) is 0 Å². The number of ether oxygens (including phenoxy) is 1. The second-order valence-corrected chi connectivity index (χ2v) is 8.03. The predicted octanol–water partition coefficient (Wildman–Crippen LogP) is 6.26. The van der Waals surface area contributed by atoms with E-state index in [1.54, 1.807) is 7.11 Å². The second-order valence-electron chi connectivity index (χ2n) is 8.03. The summed E-state index contributed by atoms with van der Waals surface area (Å²) in [5, 5.41) is 3.15. The molecule has 0 aliphatic rings. The van der Waals surface area contributed by atoms with E-state index >= 15 is 0 Å². The largest absolute Gasteiger partial charge is 0.497 e. The summed E-state index contributed by atoms with van der Waals surface area (Å²) in [7, 11) is 1.66. The Labute approximate surface area is 189 Å². The fourth-order valence-electron chi connectivity index (χ4n) is 3.94. The van der Waals surface area contributed by atoms with Gasteiger partial charge in [-0.25, -0.2) is 0 Å². The zero-order valence-electron chi connectivity index (χ0n) is 18.9. The van der Waals surface area contributed by atoms with E-state index < -0.39 is 0 Å². The van der Waals surface area contributed by atoms with E-state index in [1.807, 2.05) is 74.5 Å². The molecule has 0 radical (unpaired) electrons. The maximum Gasteiger partial charge on any atom is 0.253 e. The molecule has 4 nitrogen and oxygen atoms in total. The molecule has 1 amide bonds. The number of hydrogen-bond acceptors (Lipinski definition) is 2. The second kappa shape index (κ2) is 9.15.